The van der Waals surface area contributed by atoms with Crippen molar-refractivity contribution in [2.75, 3.05) is 57.8 Å². The lowest BCUT2D eigenvalue weighted by atomic mass is 10.0. The van der Waals surface area contributed by atoms with Gasteiger partial charge in [0.2, 0.25) is 0 Å². The number of hydrogen-bond acceptors (Lipinski definition) is 6. The number of piperidine rings is 1. The first kappa shape index (κ1) is 20.9. The number of aromatic nitrogens is 1. The van der Waals surface area contributed by atoms with E-state index in [1.807, 2.05) is 23.7 Å². The van der Waals surface area contributed by atoms with Crippen LogP contribution >= 0.6 is 11.3 Å². The number of aliphatic imine (C=N–C) groups is 1. The van der Waals surface area contributed by atoms with Gasteiger partial charge >= 0.3 is 0 Å². The van der Waals surface area contributed by atoms with Crippen molar-refractivity contribution in [2.24, 2.45) is 10.7 Å². The van der Waals surface area contributed by atoms with Crippen LogP contribution in [0, 0.1) is 0 Å². The molecule has 2 N–H and O–H groups in total. The van der Waals surface area contributed by atoms with Gasteiger partial charge in [0.15, 0.2) is 11.1 Å². The molecule has 0 bridgehead atoms. The zero-order valence-electron chi connectivity index (χ0n) is 17.7. The monoisotopic (exact) mass is 428 g/mol. The molecule has 2 saturated heterocycles. The predicted octanol–water partition coefficient (Wildman–Crippen LogP) is 2.82. The second-order valence-corrected chi connectivity index (χ2v) is 8.72. The molecule has 2 fully saturated rings. The zero-order chi connectivity index (χ0) is 20.8. The molecule has 0 radical (unpaired) electrons. The molecule has 2 aromatic rings. The van der Waals surface area contributed by atoms with Gasteiger partial charge in [-0.2, -0.15) is 0 Å². The van der Waals surface area contributed by atoms with Crippen LogP contribution in [0.15, 0.2) is 40.8 Å². The average Bonchev–Trinajstić information content (AvgIpc) is 3.35. The second kappa shape index (κ2) is 10.1. The normalized spacial score (nSPS) is 19.7. The Labute approximate surface area is 183 Å². The molecule has 1 atom stereocenters. The summed E-state index contributed by atoms with van der Waals surface area (Å²) in [5, 5.41) is 3.11. The smallest absolute Gasteiger partial charge is 0.191 e. The van der Waals surface area contributed by atoms with Crippen LogP contribution in [0.4, 0.5) is 5.13 Å². The molecular weight excluding hydrogens is 396 g/mol. The summed E-state index contributed by atoms with van der Waals surface area (Å²) in [4.78, 5) is 16.3. The minimum absolute atomic E-state index is 0.191. The number of nitrogens with two attached hydrogens (primary N) is 1. The highest BCUT2D eigenvalue weighted by Gasteiger charge is 2.25. The number of para-hydroxylation sites is 1. The van der Waals surface area contributed by atoms with Gasteiger partial charge < -0.3 is 20.3 Å². The lowest BCUT2D eigenvalue weighted by Gasteiger charge is -2.36. The van der Waals surface area contributed by atoms with Crippen molar-refractivity contribution < 1.29 is 4.74 Å². The van der Waals surface area contributed by atoms with Crippen LogP contribution in [0.5, 0.6) is 5.75 Å². The number of methoxy groups -OCH3 is 1. The van der Waals surface area contributed by atoms with E-state index in [2.05, 4.69) is 31.8 Å². The van der Waals surface area contributed by atoms with Gasteiger partial charge in [-0.1, -0.05) is 24.6 Å². The Balaban J connectivity index is 1.44. The maximum absolute atomic E-state index is 6.43. The number of nitrogens with zero attached hydrogens (tertiary/aromatic N) is 5. The summed E-state index contributed by atoms with van der Waals surface area (Å²) >= 11 is 1.69. The van der Waals surface area contributed by atoms with E-state index in [4.69, 9.17) is 15.5 Å². The van der Waals surface area contributed by atoms with Gasteiger partial charge in [-0.3, -0.25) is 9.89 Å². The SMILES string of the molecule is COc1ccccc1C(CN=C(N)N1CCN(c2nccs2)CC1)N1CCCCC1. The van der Waals surface area contributed by atoms with Crippen LogP contribution in [0.1, 0.15) is 30.9 Å². The standard InChI is InChI=1S/C22H32N6OS/c1-29-20-8-4-3-7-18(20)19(26-10-5-2-6-11-26)17-25-21(23)27-12-14-28(15-13-27)22-24-9-16-30-22/h3-4,7-9,16,19H,2,5-6,10-15,17H2,1H3,(H2,23,25). The first-order valence-electron chi connectivity index (χ1n) is 10.8. The number of rotatable bonds is 6. The molecule has 0 spiro atoms. The Morgan fingerprint density at radius 3 is 2.60 bits per heavy atom. The minimum Gasteiger partial charge on any atom is -0.496 e. The topological polar surface area (TPSA) is 70.2 Å². The van der Waals surface area contributed by atoms with Crippen molar-refractivity contribution in [3.8, 4) is 5.75 Å². The molecular formula is C22H32N6OS. The molecule has 2 aliphatic rings. The molecule has 7 nitrogen and oxygen atoms in total. The van der Waals surface area contributed by atoms with Crippen LogP contribution in [-0.4, -0.2) is 73.7 Å². The number of hydrogen-bond donors (Lipinski definition) is 1. The van der Waals surface area contributed by atoms with E-state index in [1.54, 1.807) is 18.4 Å². The zero-order valence-corrected chi connectivity index (χ0v) is 18.6. The van der Waals surface area contributed by atoms with Gasteiger partial charge in [-0.15, -0.1) is 11.3 Å². The van der Waals surface area contributed by atoms with Crippen LogP contribution in [0.2, 0.25) is 0 Å². The van der Waals surface area contributed by atoms with E-state index in [1.165, 1.54) is 24.8 Å². The largest absolute Gasteiger partial charge is 0.496 e. The summed E-state index contributed by atoms with van der Waals surface area (Å²) in [6.07, 6.45) is 5.65. The van der Waals surface area contributed by atoms with Gasteiger partial charge in [0, 0.05) is 43.3 Å². The summed E-state index contributed by atoms with van der Waals surface area (Å²) in [6, 6.07) is 8.50. The van der Waals surface area contributed by atoms with E-state index in [0.717, 1.165) is 50.1 Å². The molecule has 4 rings (SSSR count). The first-order chi connectivity index (χ1) is 14.8. The number of anilines is 1. The summed E-state index contributed by atoms with van der Waals surface area (Å²) in [7, 11) is 1.74. The van der Waals surface area contributed by atoms with Crippen LogP contribution in [0.3, 0.4) is 0 Å². The third kappa shape index (κ3) is 4.87. The molecule has 3 heterocycles. The Bertz CT molecular complexity index is 813. The maximum Gasteiger partial charge on any atom is 0.191 e. The van der Waals surface area contributed by atoms with Crippen LogP contribution in [-0.2, 0) is 0 Å². The molecule has 1 unspecified atom stereocenters. The van der Waals surface area contributed by atoms with Gasteiger partial charge in [0.05, 0.1) is 19.7 Å². The Hall–Kier alpha value is -2.32. The number of guanidine groups is 1. The number of piperazine rings is 1. The molecule has 1 aromatic heterocycles. The maximum atomic E-state index is 6.43. The first-order valence-corrected chi connectivity index (χ1v) is 11.7. The van der Waals surface area contributed by atoms with Crippen molar-refractivity contribution in [3.05, 3.63) is 41.4 Å². The van der Waals surface area contributed by atoms with E-state index >= 15 is 0 Å². The van der Waals surface area contributed by atoms with Gasteiger partial charge in [0.1, 0.15) is 5.75 Å². The minimum atomic E-state index is 0.191. The molecule has 162 valence electrons. The molecule has 0 aliphatic carbocycles. The Morgan fingerprint density at radius 1 is 1.13 bits per heavy atom. The molecule has 0 saturated carbocycles. The highest BCUT2D eigenvalue weighted by atomic mass is 32.1. The van der Waals surface area contributed by atoms with E-state index in [-0.39, 0.29) is 6.04 Å². The lowest BCUT2D eigenvalue weighted by Crippen LogP contribution is -2.51. The van der Waals surface area contributed by atoms with E-state index in [0.29, 0.717) is 12.5 Å². The number of benzene rings is 1. The van der Waals surface area contributed by atoms with Gasteiger partial charge in [0.25, 0.3) is 0 Å². The fourth-order valence-corrected chi connectivity index (χ4v) is 5.06. The van der Waals surface area contributed by atoms with Gasteiger partial charge in [-0.25, -0.2) is 4.98 Å². The van der Waals surface area contributed by atoms with Crippen molar-refractivity contribution >= 4 is 22.4 Å². The van der Waals surface area contributed by atoms with Crippen molar-refractivity contribution in [3.63, 3.8) is 0 Å². The van der Waals surface area contributed by atoms with Crippen molar-refractivity contribution in [1.29, 1.82) is 0 Å². The fourth-order valence-electron chi connectivity index (χ4n) is 4.36. The highest BCUT2D eigenvalue weighted by molar-refractivity contribution is 7.13. The fraction of sp³-hybridized carbons (Fsp3) is 0.545. The third-order valence-electron chi connectivity index (χ3n) is 6.05. The summed E-state index contributed by atoms with van der Waals surface area (Å²) in [6.45, 7) is 6.45. The van der Waals surface area contributed by atoms with Crippen LogP contribution < -0.4 is 15.4 Å². The second-order valence-electron chi connectivity index (χ2n) is 7.84. The van der Waals surface area contributed by atoms with E-state index in [9.17, 15) is 0 Å². The molecule has 0 amide bonds. The molecule has 30 heavy (non-hydrogen) atoms. The van der Waals surface area contributed by atoms with Gasteiger partial charge in [-0.05, 0) is 32.0 Å². The quantitative estimate of drug-likeness (QED) is 0.564. The molecule has 2 aliphatic heterocycles. The summed E-state index contributed by atoms with van der Waals surface area (Å²) in [5.74, 6) is 1.57. The summed E-state index contributed by atoms with van der Waals surface area (Å²) in [5.41, 5.74) is 7.63. The van der Waals surface area contributed by atoms with Crippen LogP contribution in [0.25, 0.3) is 0 Å². The lowest BCUT2D eigenvalue weighted by molar-refractivity contribution is 0.165. The average molecular weight is 429 g/mol. The molecule has 1 aromatic carbocycles. The van der Waals surface area contributed by atoms with Crippen molar-refractivity contribution in [2.45, 2.75) is 25.3 Å². The predicted molar refractivity (Wildman–Crippen MR) is 124 cm³/mol. The third-order valence-corrected chi connectivity index (χ3v) is 6.88. The Morgan fingerprint density at radius 2 is 1.90 bits per heavy atom. The number of thiazole rings is 1. The van der Waals surface area contributed by atoms with E-state index < -0.39 is 0 Å². The molecule has 8 heteroatoms. The Kier molecular flexibility index (Phi) is 7.07. The number of likely N-dealkylation sites (tertiary alicyclic amines) is 1. The highest BCUT2D eigenvalue weighted by Crippen LogP contribution is 2.31. The van der Waals surface area contributed by atoms with Crippen molar-refractivity contribution in [1.82, 2.24) is 14.8 Å². The summed E-state index contributed by atoms with van der Waals surface area (Å²) < 4.78 is 5.66. The number of ether oxygens (including phenoxy) is 1.